The Hall–Kier alpha value is -2.81. The van der Waals surface area contributed by atoms with Gasteiger partial charge in [-0.05, 0) is 67.8 Å². The zero-order valence-corrected chi connectivity index (χ0v) is 20.7. The normalized spacial score (nSPS) is 14.5. The van der Waals surface area contributed by atoms with Gasteiger partial charge in [-0.1, -0.05) is 48.5 Å². The summed E-state index contributed by atoms with van der Waals surface area (Å²) in [5.41, 5.74) is 1.38. The van der Waals surface area contributed by atoms with Crippen LogP contribution in [-0.2, 0) is 14.8 Å². The first-order valence-electron chi connectivity index (χ1n) is 11.3. The molecule has 0 saturated carbocycles. The van der Waals surface area contributed by atoms with E-state index in [0.29, 0.717) is 30.1 Å². The number of hydrogen-bond acceptors (Lipinski definition) is 5. The van der Waals surface area contributed by atoms with E-state index in [9.17, 15) is 13.2 Å². The number of amides is 1. The second kappa shape index (κ2) is 11.1. The van der Waals surface area contributed by atoms with Gasteiger partial charge in [-0.25, -0.2) is 8.42 Å². The molecule has 1 N–H and O–H groups in total. The van der Waals surface area contributed by atoms with E-state index >= 15 is 0 Å². The van der Waals surface area contributed by atoms with Crippen LogP contribution in [0.3, 0.4) is 0 Å². The second-order valence-corrected chi connectivity index (χ2v) is 11.2. The molecule has 3 aromatic rings. The summed E-state index contributed by atoms with van der Waals surface area (Å²) in [7, 11) is -3.51. The number of rotatable bonds is 8. The van der Waals surface area contributed by atoms with Gasteiger partial charge in [0, 0.05) is 22.9 Å². The number of ether oxygens (including phenoxy) is 1. The van der Waals surface area contributed by atoms with Crippen molar-refractivity contribution in [3.05, 3.63) is 78.4 Å². The van der Waals surface area contributed by atoms with Crippen molar-refractivity contribution in [3.8, 4) is 5.75 Å². The van der Waals surface area contributed by atoms with Gasteiger partial charge in [-0.2, -0.15) is 4.31 Å². The predicted octanol–water partition coefficient (Wildman–Crippen LogP) is 5.34. The Morgan fingerprint density at radius 2 is 1.68 bits per heavy atom. The van der Waals surface area contributed by atoms with Crippen LogP contribution >= 0.6 is 11.8 Å². The quantitative estimate of drug-likeness (QED) is 0.456. The molecule has 0 aliphatic carbocycles. The average molecular weight is 497 g/mol. The zero-order chi connectivity index (χ0) is 24.0. The Balaban J connectivity index is 1.38. The Kier molecular flexibility index (Phi) is 7.92. The molecule has 4 rings (SSSR count). The van der Waals surface area contributed by atoms with Crippen molar-refractivity contribution in [2.45, 2.75) is 40.9 Å². The number of carbonyl (C=O) groups excluding carboxylic acids is 1. The standard InChI is InChI=1S/C26H28N2O4S2/c1-20-18-22(34(30,31)28-16-8-3-9-17-28)14-15-24(20)32-19-26(29)27-23-12-6-7-13-25(23)33-21-10-4-2-5-11-21/h2,4-7,10-15,18H,3,8-9,16-17,19H2,1H3,(H,27,29). The fraction of sp³-hybridized carbons (Fsp3) is 0.269. The van der Waals surface area contributed by atoms with Gasteiger partial charge in [0.05, 0.1) is 10.6 Å². The number of hydrogen-bond donors (Lipinski definition) is 1. The van der Waals surface area contributed by atoms with Crippen molar-refractivity contribution in [1.82, 2.24) is 4.31 Å². The Bertz CT molecular complexity index is 1240. The molecule has 1 heterocycles. The third kappa shape index (κ3) is 6.00. The minimum atomic E-state index is -3.51. The lowest BCUT2D eigenvalue weighted by Gasteiger charge is -2.26. The molecule has 34 heavy (non-hydrogen) atoms. The fourth-order valence-corrected chi connectivity index (χ4v) is 6.33. The van der Waals surface area contributed by atoms with Crippen molar-refractivity contribution < 1.29 is 17.9 Å². The lowest BCUT2D eigenvalue weighted by atomic mass is 10.2. The zero-order valence-electron chi connectivity index (χ0n) is 19.1. The summed E-state index contributed by atoms with van der Waals surface area (Å²) in [5, 5.41) is 2.91. The largest absolute Gasteiger partial charge is 0.483 e. The van der Waals surface area contributed by atoms with Crippen LogP contribution in [0.5, 0.6) is 5.75 Å². The molecule has 1 amide bonds. The maximum Gasteiger partial charge on any atom is 0.262 e. The molecule has 1 saturated heterocycles. The van der Waals surface area contributed by atoms with E-state index in [2.05, 4.69) is 5.32 Å². The molecule has 8 heteroatoms. The van der Waals surface area contributed by atoms with Crippen LogP contribution in [0.25, 0.3) is 0 Å². The molecular weight excluding hydrogens is 468 g/mol. The van der Waals surface area contributed by atoms with Gasteiger partial charge in [0.1, 0.15) is 5.75 Å². The third-order valence-electron chi connectivity index (χ3n) is 5.59. The number of nitrogens with one attached hydrogen (secondary N) is 1. The van der Waals surface area contributed by atoms with Crippen molar-refractivity contribution in [2.75, 3.05) is 25.0 Å². The van der Waals surface area contributed by atoms with Crippen LogP contribution in [-0.4, -0.2) is 38.3 Å². The van der Waals surface area contributed by atoms with Gasteiger partial charge in [0.25, 0.3) is 5.91 Å². The Labute approximate surface area is 205 Å². The summed E-state index contributed by atoms with van der Waals surface area (Å²) in [6.45, 7) is 2.73. The number of sulfonamides is 1. The molecule has 1 aliphatic rings. The number of anilines is 1. The van der Waals surface area contributed by atoms with Crippen LogP contribution < -0.4 is 10.1 Å². The van der Waals surface area contributed by atoms with E-state index in [0.717, 1.165) is 29.1 Å². The first-order chi connectivity index (χ1) is 16.4. The molecule has 0 bridgehead atoms. The van der Waals surface area contributed by atoms with Gasteiger partial charge in [0.2, 0.25) is 10.0 Å². The first kappa shape index (κ1) is 24.3. The van der Waals surface area contributed by atoms with E-state index in [4.69, 9.17) is 4.74 Å². The molecule has 6 nitrogen and oxygen atoms in total. The summed E-state index contributed by atoms with van der Waals surface area (Å²) in [5.74, 6) is 0.199. The van der Waals surface area contributed by atoms with Gasteiger partial charge < -0.3 is 10.1 Å². The molecule has 1 aliphatic heterocycles. The van der Waals surface area contributed by atoms with Crippen LogP contribution in [0, 0.1) is 6.92 Å². The van der Waals surface area contributed by atoms with E-state index < -0.39 is 10.0 Å². The maximum absolute atomic E-state index is 12.9. The van der Waals surface area contributed by atoms with Crippen LogP contribution in [0.15, 0.2) is 87.5 Å². The Morgan fingerprint density at radius 1 is 0.971 bits per heavy atom. The topological polar surface area (TPSA) is 75.7 Å². The minimum Gasteiger partial charge on any atom is -0.483 e. The molecule has 0 spiro atoms. The van der Waals surface area contributed by atoms with E-state index in [1.807, 2.05) is 54.6 Å². The van der Waals surface area contributed by atoms with Gasteiger partial charge in [-0.3, -0.25) is 4.79 Å². The fourth-order valence-electron chi connectivity index (χ4n) is 3.80. The van der Waals surface area contributed by atoms with Crippen molar-refractivity contribution in [1.29, 1.82) is 0 Å². The molecule has 0 aromatic heterocycles. The summed E-state index contributed by atoms with van der Waals surface area (Å²) in [6, 6.07) is 22.4. The SMILES string of the molecule is Cc1cc(S(=O)(=O)N2CCCCC2)ccc1OCC(=O)Nc1ccccc1Sc1ccccc1. The van der Waals surface area contributed by atoms with E-state index in [-0.39, 0.29) is 17.4 Å². The molecule has 0 atom stereocenters. The minimum absolute atomic E-state index is 0.177. The molecule has 1 fully saturated rings. The molecular formula is C26H28N2O4S2. The Morgan fingerprint density at radius 3 is 2.41 bits per heavy atom. The summed E-state index contributed by atoms with van der Waals surface area (Å²) >= 11 is 1.57. The maximum atomic E-state index is 12.9. The number of benzene rings is 3. The first-order valence-corrected chi connectivity index (χ1v) is 13.5. The number of nitrogens with zero attached hydrogens (tertiary/aromatic N) is 1. The van der Waals surface area contributed by atoms with Crippen molar-refractivity contribution in [3.63, 3.8) is 0 Å². The highest BCUT2D eigenvalue weighted by molar-refractivity contribution is 7.99. The highest BCUT2D eigenvalue weighted by Crippen LogP contribution is 2.33. The van der Waals surface area contributed by atoms with Crippen molar-refractivity contribution in [2.24, 2.45) is 0 Å². The lowest BCUT2D eigenvalue weighted by Crippen LogP contribution is -2.35. The van der Waals surface area contributed by atoms with Gasteiger partial charge in [-0.15, -0.1) is 0 Å². The number of aryl methyl sites for hydroxylation is 1. The summed E-state index contributed by atoms with van der Waals surface area (Å²) < 4.78 is 33.1. The lowest BCUT2D eigenvalue weighted by molar-refractivity contribution is -0.118. The number of para-hydroxylation sites is 1. The molecule has 3 aromatic carbocycles. The highest BCUT2D eigenvalue weighted by atomic mass is 32.2. The highest BCUT2D eigenvalue weighted by Gasteiger charge is 2.26. The molecule has 178 valence electrons. The summed E-state index contributed by atoms with van der Waals surface area (Å²) in [6.07, 6.45) is 2.85. The molecule has 0 unspecified atom stereocenters. The van der Waals surface area contributed by atoms with Crippen LogP contribution in [0.4, 0.5) is 5.69 Å². The smallest absolute Gasteiger partial charge is 0.262 e. The van der Waals surface area contributed by atoms with Gasteiger partial charge in [0.15, 0.2) is 6.61 Å². The summed E-state index contributed by atoms with van der Waals surface area (Å²) in [4.78, 5) is 14.9. The second-order valence-electron chi connectivity index (χ2n) is 8.14. The van der Waals surface area contributed by atoms with Crippen LogP contribution in [0.1, 0.15) is 24.8 Å². The number of carbonyl (C=O) groups is 1. The van der Waals surface area contributed by atoms with E-state index in [1.54, 1.807) is 41.2 Å². The van der Waals surface area contributed by atoms with Gasteiger partial charge >= 0.3 is 0 Å². The van der Waals surface area contributed by atoms with Crippen molar-refractivity contribution >= 4 is 33.4 Å². The average Bonchev–Trinajstić information content (AvgIpc) is 2.85. The third-order valence-corrected chi connectivity index (χ3v) is 8.57. The van der Waals surface area contributed by atoms with Crippen LogP contribution in [0.2, 0.25) is 0 Å². The predicted molar refractivity (Wildman–Crippen MR) is 135 cm³/mol. The van der Waals surface area contributed by atoms with E-state index in [1.165, 1.54) is 0 Å². The monoisotopic (exact) mass is 496 g/mol. The number of piperidine rings is 1. The molecule has 0 radical (unpaired) electrons.